The van der Waals surface area contributed by atoms with Crippen LogP contribution >= 0.6 is 15.9 Å². The lowest BCUT2D eigenvalue weighted by atomic mass is 9.75. The first-order valence-corrected chi connectivity index (χ1v) is 8.19. The van der Waals surface area contributed by atoms with Crippen LogP contribution in [0.4, 0.5) is 4.39 Å². The van der Waals surface area contributed by atoms with Crippen molar-refractivity contribution in [1.29, 1.82) is 0 Å². The van der Waals surface area contributed by atoms with Crippen LogP contribution < -0.4 is 0 Å². The molecule has 2 fully saturated rings. The summed E-state index contributed by atoms with van der Waals surface area (Å²) < 4.78 is 14.0. The van der Waals surface area contributed by atoms with E-state index in [1.807, 2.05) is 4.90 Å². The van der Waals surface area contributed by atoms with E-state index in [9.17, 15) is 9.18 Å². The third-order valence-electron chi connectivity index (χ3n) is 4.74. The van der Waals surface area contributed by atoms with Crippen molar-refractivity contribution in [1.82, 2.24) is 4.90 Å². The number of carbonyl (C=O) groups excluding carboxylic acids is 1. The number of carbonyl (C=O) groups is 1. The lowest BCUT2D eigenvalue weighted by Crippen LogP contribution is -2.44. The van der Waals surface area contributed by atoms with Crippen LogP contribution in [0.3, 0.4) is 0 Å². The van der Waals surface area contributed by atoms with Gasteiger partial charge in [-0.3, -0.25) is 4.79 Å². The standard InChI is InChI=1S/C16H19BrFNO/c17-15-6-5-13(18)9-14(15)16(20)19-8-7-11-3-1-2-4-12(11)10-19/h5-6,9,11-12H,1-4,7-8,10H2. The molecule has 20 heavy (non-hydrogen) atoms. The van der Waals surface area contributed by atoms with E-state index in [-0.39, 0.29) is 11.7 Å². The van der Waals surface area contributed by atoms with Gasteiger partial charge in [0, 0.05) is 17.6 Å². The molecule has 1 aromatic carbocycles. The van der Waals surface area contributed by atoms with Gasteiger partial charge < -0.3 is 4.90 Å². The zero-order valence-electron chi connectivity index (χ0n) is 11.4. The molecule has 2 atom stereocenters. The summed E-state index contributed by atoms with van der Waals surface area (Å²) in [6, 6.07) is 4.31. The Balaban J connectivity index is 1.76. The maximum atomic E-state index is 13.4. The quantitative estimate of drug-likeness (QED) is 0.749. The fourth-order valence-electron chi connectivity index (χ4n) is 3.62. The van der Waals surface area contributed by atoms with Crippen LogP contribution in [0.1, 0.15) is 42.5 Å². The summed E-state index contributed by atoms with van der Waals surface area (Å²) in [5, 5.41) is 0. The van der Waals surface area contributed by atoms with Gasteiger partial charge in [0.2, 0.25) is 0 Å². The third-order valence-corrected chi connectivity index (χ3v) is 5.43. The van der Waals surface area contributed by atoms with Gasteiger partial charge in [-0.05, 0) is 58.8 Å². The topological polar surface area (TPSA) is 20.3 Å². The Morgan fingerprint density at radius 3 is 2.75 bits per heavy atom. The SMILES string of the molecule is O=C(c1cc(F)ccc1Br)N1CCC2CCCCC2C1. The van der Waals surface area contributed by atoms with Gasteiger partial charge in [0.25, 0.3) is 5.91 Å². The number of benzene rings is 1. The first-order valence-electron chi connectivity index (χ1n) is 7.39. The van der Waals surface area contributed by atoms with Gasteiger partial charge in [-0.25, -0.2) is 4.39 Å². The highest BCUT2D eigenvalue weighted by molar-refractivity contribution is 9.10. The molecule has 0 radical (unpaired) electrons. The van der Waals surface area contributed by atoms with E-state index in [1.54, 1.807) is 6.07 Å². The summed E-state index contributed by atoms with van der Waals surface area (Å²) in [4.78, 5) is 14.5. The average Bonchev–Trinajstić information content (AvgIpc) is 2.48. The van der Waals surface area contributed by atoms with E-state index in [0.717, 1.165) is 25.4 Å². The first kappa shape index (κ1) is 14.1. The zero-order valence-corrected chi connectivity index (χ0v) is 13.0. The predicted octanol–water partition coefficient (Wildman–Crippen LogP) is 4.24. The number of piperidine rings is 1. The monoisotopic (exact) mass is 339 g/mol. The molecular weight excluding hydrogens is 321 g/mol. The minimum atomic E-state index is -0.357. The number of fused-ring (bicyclic) bond motifs is 1. The molecule has 2 nitrogen and oxygen atoms in total. The van der Waals surface area contributed by atoms with Crippen molar-refractivity contribution in [3.05, 3.63) is 34.1 Å². The van der Waals surface area contributed by atoms with E-state index in [2.05, 4.69) is 15.9 Å². The van der Waals surface area contributed by atoms with Gasteiger partial charge >= 0.3 is 0 Å². The van der Waals surface area contributed by atoms with Gasteiger partial charge in [-0.2, -0.15) is 0 Å². The molecule has 1 aromatic rings. The molecule has 108 valence electrons. The number of rotatable bonds is 1. The number of hydrogen-bond acceptors (Lipinski definition) is 1. The third kappa shape index (κ3) is 2.76. The van der Waals surface area contributed by atoms with Gasteiger partial charge in [0.1, 0.15) is 5.82 Å². The highest BCUT2D eigenvalue weighted by Gasteiger charge is 2.33. The summed E-state index contributed by atoms with van der Waals surface area (Å²) >= 11 is 3.35. The van der Waals surface area contributed by atoms with Gasteiger partial charge in [-0.1, -0.05) is 19.3 Å². The van der Waals surface area contributed by atoms with Crippen LogP contribution in [0.5, 0.6) is 0 Å². The molecule has 0 aromatic heterocycles. The highest BCUT2D eigenvalue weighted by atomic mass is 79.9. The van der Waals surface area contributed by atoms with E-state index in [1.165, 1.54) is 37.8 Å². The number of likely N-dealkylation sites (tertiary alicyclic amines) is 1. The van der Waals surface area contributed by atoms with Gasteiger partial charge in [0.15, 0.2) is 0 Å². The van der Waals surface area contributed by atoms with E-state index in [0.29, 0.717) is 16.0 Å². The molecule has 0 spiro atoms. The Bertz CT molecular complexity index is 519. The normalized spacial score (nSPS) is 26.2. The minimum Gasteiger partial charge on any atom is -0.338 e. The minimum absolute atomic E-state index is 0.0413. The molecule has 1 heterocycles. The number of nitrogens with zero attached hydrogens (tertiary/aromatic N) is 1. The summed E-state index contributed by atoms with van der Waals surface area (Å²) in [5.41, 5.74) is 0.444. The Morgan fingerprint density at radius 2 is 1.95 bits per heavy atom. The fraction of sp³-hybridized carbons (Fsp3) is 0.562. The van der Waals surface area contributed by atoms with Crippen molar-refractivity contribution in [2.75, 3.05) is 13.1 Å². The Kier molecular flexibility index (Phi) is 4.11. The first-order chi connectivity index (χ1) is 9.65. The molecule has 1 amide bonds. The van der Waals surface area contributed by atoms with Crippen molar-refractivity contribution in [3.63, 3.8) is 0 Å². The number of halogens is 2. The maximum Gasteiger partial charge on any atom is 0.255 e. The molecule has 3 rings (SSSR count). The van der Waals surface area contributed by atoms with Gasteiger partial charge in [0.05, 0.1) is 5.56 Å². The number of amides is 1. The smallest absolute Gasteiger partial charge is 0.255 e. The number of hydrogen-bond donors (Lipinski definition) is 0. The Hall–Kier alpha value is -0.900. The molecule has 0 N–H and O–H groups in total. The summed E-state index contributed by atoms with van der Waals surface area (Å²) in [6.07, 6.45) is 6.27. The van der Waals surface area contributed by atoms with Crippen molar-refractivity contribution >= 4 is 21.8 Å². The van der Waals surface area contributed by atoms with Crippen molar-refractivity contribution in [2.24, 2.45) is 11.8 Å². The van der Waals surface area contributed by atoms with Crippen LogP contribution in [0.2, 0.25) is 0 Å². The largest absolute Gasteiger partial charge is 0.338 e. The maximum absolute atomic E-state index is 13.4. The molecule has 1 aliphatic heterocycles. The van der Waals surface area contributed by atoms with Crippen LogP contribution in [0.15, 0.2) is 22.7 Å². The lowest BCUT2D eigenvalue weighted by molar-refractivity contribution is 0.0519. The second-order valence-electron chi connectivity index (χ2n) is 5.97. The highest BCUT2D eigenvalue weighted by Crippen LogP contribution is 2.36. The van der Waals surface area contributed by atoms with Crippen LogP contribution in [-0.2, 0) is 0 Å². The second kappa shape index (κ2) is 5.84. The molecule has 4 heteroatoms. The molecule has 1 aliphatic carbocycles. The second-order valence-corrected chi connectivity index (χ2v) is 6.82. The molecule has 1 saturated heterocycles. The zero-order chi connectivity index (χ0) is 14.1. The lowest BCUT2D eigenvalue weighted by Gasteiger charge is -2.41. The van der Waals surface area contributed by atoms with Crippen LogP contribution in [0, 0.1) is 17.7 Å². The average molecular weight is 340 g/mol. The Labute approximate surface area is 127 Å². The summed E-state index contributed by atoms with van der Waals surface area (Å²) in [7, 11) is 0. The van der Waals surface area contributed by atoms with Crippen LogP contribution in [0.25, 0.3) is 0 Å². The van der Waals surface area contributed by atoms with Gasteiger partial charge in [-0.15, -0.1) is 0 Å². The van der Waals surface area contributed by atoms with E-state index >= 15 is 0 Å². The fourth-order valence-corrected chi connectivity index (χ4v) is 4.03. The molecular formula is C16H19BrFNO. The van der Waals surface area contributed by atoms with Crippen LogP contribution in [-0.4, -0.2) is 23.9 Å². The molecule has 1 saturated carbocycles. The predicted molar refractivity (Wildman–Crippen MR) is 80.1 cm³/mol. The van der Waals surface area contributed by atoms with E-state index < -0.39 is 0 Å². The summed E-state index contributed by atoms with van der Waals surface area (Å²) in [6.45, 7) is 1.65. The Morgan fingerprint density at radius 1 is 1.20 bits per heavy atom. The van der Waals surface area contributed by atoms with E-state index in [4.69, 9.17) is 0 Å². The van der Waals surface area contributed by atoms with Crippen molar-refractivity contribution in [2.45, 2.75) is 32.1 Å². The summed E-state index contributed by atoms with van der Waals surface area (Å²) in [5.74, 6) is 1.04. The molecule has 2 unspecified atom stereocenters. The molecule has 2 aliphatic rings. The van der Waals surface area contributed by atoms with Crippen molar-refractivity contribution < 1.29 is 9.18 Å². The molecule has 0 bridgehead atoms. The van der Waals surface area contributed by atoms with Crippen molar-refractivity contribution in [3.8, 4) is 0 Å².